The summed E-state index contributed by atoms with van der Waals surface area (Å²) in [6.45, 7) is 0.820. The number of rotatable bonds is 9. The van der Waals surface area contributed by atoms with E-state index in [0.29, 0.717) is 48.9 Å². The van der Waals surface area contributed by atoms with Crippen LogP contribution in [-0.4, -0.2) is 33.4 Å². The molecule has 3 aromatic rings. The van der Waals surface area contributed by atoms with Gasteiger partial charge in [0.2, 0.25) is 5.88 Å². The molecule has 0 unspecified atom stereocenters. The van der Waals surface area contributed by atoms with Gasteiger partial charge in [-0.25, -0.2) is 14.5 Å². The second-order valence-corrected chi connectivity index (χ2v) is 8.31. The number of hydrogen-bond acceptors (Lipinski definition) is 6. The molecule has 2 heterocycles. The van der Waals surface area contributed by atoms with Crippen LogP contribution in [-0.2, 0) is 13.0 Å². The zero-order valence-electron chi connectivity index (χ0n) is 19.0. The second-order valence-electron chi connectivity index (χ2n) is 8.31. The molecule has 9 heteroatoms. The third kappa shape index (κ3) is 5.84. The first kappa shape index (κ1) is 23.1. The van der Waals surface area contributed by atoms with Gasteiger partial charge in [-0.1, -0.05) is 24.3 Å². The van der Waals surface area contributed by atoms with Crippen LogP contribution in [0.2, 0.25) is 0 Å². The van der Waals surface area contributed by atoms with Crippen LogP contribution in [0.3, 0.4) is 0 Å². The zero-order chi connectivity index (χ0) is 23.8. The number of aromatic nitrogens is 3. The summed E-state index contributed by atoms with van der Waals surface area (Å²) in [5.74, 6) is 0.954. The average Bonchev–Trinajstić information content (AvgIpc) is 3.49. The molecule has 0 atom stereocenters. The van der Waals surface area contributed by atoms with Crippen molar-refractivity contribution in [3.05, 3.63) is 65.5 Å². The Morgan fingerprint density at radius 1 is 1.18 bits per heavy atom. The molecule has 34 heavy (non-hydrogen) atoms. The Morgan fingerprint density at radius 2 is 1.97 bits per heavy atom. The maximum atomic E-state index is 12.1. The van der Waals surface area contributed by atoms with Gasteiger partial charge >= 0.3 is 6.03 Å². The van der Waals surface area contributed by atoms with Crippen LogP contribution in [0.4, 0.5) is 10.6 Å². The number of urea groups is 1. The van der Waals surface area contributed by atoms with Crippen LogP contribution in [0.15, 0.2) is 48.7 Å². The van der Waals surface area contributed by atoms with E-state index in [1.165, 1.54) is 12.8 Å². The first-order valence-electron chi connectivity index (χ1n) is 11.6. The maximum absolute atomic E-state index is 12.1. The average molecular weight is 460 g/mol. The number of amides is 2. The highest BCUT2D eigenvalue weighted by atomic mass is 16.5. The molecule has 0 bridgehead atoms. The number of carbonyl (C=O) groups excluding carboxylic acids is 1. The van der Waals surface area contributed by atoms with E-state index in [-0.39, 0.29) is 12.1 Å². The summed E-state index contributed by atoms with van der Waals surface area (Å²) >= 11 is 0. The SMILES string of the molecule is N#Cc1c(CCCNC(=O)NCc2ccc(OC3CCCC3)nc2)nn(-c2ccccc2)c1N. The number of nitrogens with one attached hydrogen (secondary N) is 2. The van der Waals surface area contributed by atoms with Crippen molar-refractivity contribution in [2.24, 2.45) is 0 Å². The van der Waals surface area contributed by atoms with Crippen LogP contribution >= 0.6 is 0 Å². The first-order valence-corrected chi connectivity index (χ1v) is 11.6. The smallest absolute Gasteiger partial charge is 0.315 e. The third-order valence-corrected chi connectivity index (χ3v) is 5.82. The molecule has 0 radical (unpaired) electrons. The van der Waals surface area contributed by atoms with E-state index >= 15 is 0 Å². The maximum Gasteiger partial charge on any atom is 0.315 e. The molecular weight excluding hydrogens is 430 g/mol. The van der Waals surface area contributed by atoms with Gasteiger partial charge in [0.25, 0.3) is 0 Å². The number of ether oxygens (including phenoxy) is 1. The molecule has 0 spiro atoms. The van der Waals surface area contributed by atoms with E-state index in [9.17, 15) is 10.1 Å². The summed E-state index contributed by atoms with van der Waals surface area (Å²) < 4.78 is 7.44. The molecule has 1 aliphatic rings. The number of nitrogen functional groups attached to an aromatic ring is 1. The number of carbonyl (C=O) groups is 1. The number of hydrogen-bond donors (Lipinski definition) is 3. The lowest BCUT2D eigenvalue weighted by Crippen LogP contribution is -2.35. The number of nitrogens with zero attached hydrogens (tertiary/aromatic N) is 4. The molecule has 1 fully saturated rings. The van der Waals surface area contributed by atoms with Crippen molar-refractivity contribution in [3.8, 4) is 17.6 Å². The third-order valence-electron chi connectivity index (χ3n) is 5.82. The number of pyridine rings is 1. The molecule has 4 N–H and O–H groups in total. The minimum Gasteiger partial charge on any atom is -0.474 e. The van der Waals surface area contributed by atoms with E-state index in [4.69, 9.17) is 10.5 Å². The minimum absolute atomic E-state index is 0.263. The van der Waals surface area contributed by atoms with E-state index < -0.39 is 0 Å². The van der Waals surface area contributed by atoms with Crippen molar-refractivity contribution in [1.29, 1.82) is 5.26 Å². The van der Waals surface area contributed by atoms with Gasteiger partial charge in [0, 0.05) is 25.4 Å². The minimum atomic E-state index is -0.263. The van der Waals surface area contributed by atoms with Crippen LogP contribution in [0.25, 0.3) is 5.69 Å². The fraction of sp³-hybridized carbons (Fsp3) is 0.360. The Bertz CT molecular complexity index is 1130. The van der Waals surface area contributed by atoms with Crippen molar-refractivity contribution < 1.29 is 9.53 Å². The highest BCUT2D eigenvalue weighted by Gasteiger charge is 2.17. The summed E-state index contributed by atoms with van der Waals surface area (Å²) in [4.78, 5) is 16.5. The summed E-state index contributed by atoms with van der Waals surface area (Å²) in [5.41, 5.74) is 8.82. The van der Waals surface area contributed by atoms with Gasteiger partial charge in [0.15, 0.2) is 0 Å². The Kier molecular flexibility index (Phi) is 7.60. The van der Waals surface area contributed by atoms with Gasteiger partial charge in [-0.2, -0.15) is 10.4 Å². The van der Waals surface area contributed by atoms with E-state index in [1.54, 1.807) is 10.9 Å². The predicted octanol–water partition coefficient (Wildman–Crippen LogP) is 3.47. The summed E-state index contributed by atoms with van der Waals surface area (Å²) in [6, 6.07) is 15.1. The highest BCUT2D eigenvalue weighted by molar-refractivity contribution is 5.73. The summed E-state index contributed by atoms with van der Waals surface area (Å²) in [6.07, 6.45) is 7.76. The van der Waals surface area contributed by atoms with Crippen LogP contribution in [0.1, 0.15) is 48.9 Å². The van der Waals surface area contributed by atoms with Crippen LogP contribution < -0.4 is 21.1 Å². The molecule has 1 aromatic carbocycles. The van der Waals surface area contributed by atoms with Crippen molar-refractivity contribution in [1.82, 2.24) is 25.4 Å². The number of anilines is 1. The van der Waals surface area contributed by atoms with Crippen molar-refractivity contribution in [3.63, 3.8) is 0 Å². The number of para-hydroxylation sites is 1. The number of aryl methyl sites for hydroxylation is 1. The van der Waals surface area contributed by atoms with Crippen molar-refractivity contribution in [2.75, 3.05) is 12.3 Å². The molecule has 9 nitrogen and oxygen atoms in total. The summed E-state index contributed by atoms with van der Waals surface area (Å²) in [7, 11) is 0. The molecule has 1 saturated carbocycles. The lowest BCUT2D eigenvalue weighted by Gasteiger charge is -2.12. The largest absolute Gasteiger partial charge is 0.474 e. The fourth-order valence-corrected chi connectivity index (χ4v) is 4.01. The Labute approximate surface area is 198 Å². The van der Waals surface area contributed by atoms with Gasteiger partial charge in [-0.3, -0.25) is 0 Å². The molecule has 2 amide bonds. The topological polar surface area (TPSA) is 131 Å². The predicted molar refractivity (Wildman–Crippen MR) is 128 cm³/mol. The Balaban J connectivity index is 1.20. The fourth-order valence-electron chi connectivity index (χ4n) is 4.01. The molecule has 176 valence electrons. The molecule has 1 aliphatic carbocycles. The lowest BCUT2D eigenvalue weighted by molar-refractivity contribution is 0.201. The number of nitrogens with two attached hydrogens (primary N) is 1. The van der Waals surface area contributed by atoms with Crippen LogP contribution in [0, 0.1) is 11.3 Å². The number of benzene rings is 1. The number of nitriles is 1. The first-order chi connectivity index (χ1) is 16.6. The van der Waals surface area contributed by atoms with Crippen molar-refractivity contribution >= 4 is 11.8 Å². The molecular formula is C25H29N7O2. The van der Waals surface area contributed by atoms with E-state index in [1.807, 2.05) is 42.5 Å². The second kappa shape index (κ2) is 11.2. The zero-order valence-corrected chi connectivity index (χ0v) is 19.0. The van der Waals surface area contributed by atoms with Gasteiger partial charge in [0.1, 0.15) is 23.6 Å². The molecule has 0 aliphatic heterocycles. The van der Waals surface area contributed by atoms with Gasteiger partial charge < -0.3 is 21.1 Å². The van der Waals surface area contributed by atoms with Crippen LogP contribution in [0.5, 0.6) is 5.88 Å². The molecule has 0 saturated heterocycles. The Morgan fingerprint density at radius 3 is 2.68 bits per heavy atom. The molecule has 4 rings (SSSR count). The van der Waals surface area contributed by atoms with Gasteiger partial charge in [-0.15, -0.1) is 0 Å². The normalized spacial score (nSPS) is 13.4. The van der Waals surface area contributed by atoms with E-state index in [2.05, 4.69) is 26.8 Å². The van der Waals surface area contributed by atoms with Crippen molar-refractivity contribution in [2.45, 2.75) is 51.2 Å². The standard InChI is InChI=1S/C25H29N7O2/c26-15-21-22(31-32(24(21)27)19-7-2-1-3-8-19)11-6-14-28-25(33)30-17-18-12-13-23(29-16-18)34-20-9-4-5-10-20/h1-3,7-8,12-13,16,20H,4-6,9-11,14,17,27H2,(H2,28,30,33). The summed E-state index contributed by atoms with van der Waals surface area (Å²) in [5, 5.41) is 19.7. The monoisotopic (exact) mass is 459 g/mol. The quantitative estimate of drug-likeness (QED) is 0.420. The molecule has 2 aromatic heterocycles. The Hall–Kier alpha value is -4.06. The van der Waals surface area contributed by atoms with E-state index in [0.717, 1.165) is 24.1 Å². The lowest BCUT2D eigenvalue weighted by atomic mass is 10.1. The highest BCUT2D eigenvalue weighted by Crippen LogP contribution is 2.23. The van der Waals surface area contributed by atoms with Gasteiger partial charge in [0.05, 0.1) is 11.4 Å². The van der Waals surface area contributed by atoms with Gasteiger partial charge in [-0.05, 0) is 56.2 Å².